The fourth-order valence-electron chi connectivity index (χ4n) is 3.77. The molecule has 0 aromatic heterocycles. The summed E-state index contributed by atoms with van der Waals surface area (Å²) in [7, 11) is 0. The van der Waals surface area contributed by atoms with Gasteiger partial charge in [0.05, 0.1) is 5.92 Å². The molecular formula is C22H27F7O2. The molecule has 0 heterocycles. The number of rotatable bonds is 9. The number of alkyl halides is 7. The molecule has 0 unspecified atom stereocenters. The van der Waals surface area contributed by atoms with Crippen molar-refractivity contribution in [1.82, 2.24) is 0 Å². The Hall–Kier alpha value is -1.80. The first-order valence-electron chi connectivity index (χ1n) is 10.5. The number of benzene rings is 1. The Bertz CT molecular complexity index is 706. The highest BCUT2D eigenvalue weighted by Crippen LogP contribution is 2.48. The normalized spacial score (nSPS) is 20.5. The van der Waals surface area contributed by atoms with E-state index in [-0.39, 0.29) is 23.2 Å². The number of unbranched alkanes of at least 4 members (excludes halogenated alkanes) is 1. The molecule has 9 heteroatoms. The van der Waals surface area contributed by atoms with Crippen LogP contribution in [0.5, 0.6) is 5.75 Å². The molecule has 31 heavy (non-hydrogen) atoms. The molecule has 0 spiro atoms. The standard InChI is InChI=1S/C22H27F7O2/c1-2-3-4-15-5-9-17(10-6-15)19(30)31-18-11-7-16(8-12-18)13-14-20(23,24)21(25,26)22(27,28)29/h7-8,11-12,15,17H,2-6,9-10,13-14H2,1H3/t15-,17-. The van der Waals surface area contributed by atoms with Crippen molar-refractivity contribution < 1.29 is 40.3 Å². The molecule has 0 N–H and O–H groups in total. The number of carbonyl (C=O) groups excluding carboxylic acids is 1. The summed E-state index contributed by atoms with van der Waals surface area (Å²) in [4.78, 5) is 12.3. The molecule has 0 radical (unpaired) electrons. The minimum atomic E-state index is -6.33. The molecule has 0 aliphatic heterocycles. The number of hydrogen-bond acceptors (Lipinski definition) is 2. The van der Waals surface area contributed by atoms with E-state index in [9.17, 15) is 35.5 Å². The molecule has 2 nitrogen and oxygen atoms in total. The monoisotopic (exact) mass is 456 g/mol. The number of carbonyl (C=O) groups is 1. The molecule has 1 fully saturated rings. The van der Waals surface area contributed by atoms with Gasteiger partial charge in [0.2, 0.25) is 0 Å². The molecule has 1 aliphatic rings. The lowest BCUT2D eigenvalue weighted by Crippen LogP contribution is -2.52. The zero-order valence-corrected chi connectivity index (χ0v) is 17.3. The smallest absolute Gasteiger partial charge is 0.426 e. The van der Waals surface area contributed by atoms with E-state index in [2.05, 4.69) is 6.92 Å². The van der Waals surface area contributed by atoms with Crippen molar-refractivity contribution in [2.45, 2.75) is 82.7 Å². The van der Waals surface area contributed by atoms with Gasteiger partial charge >= 0.3 is 24.0 Å². The Morgan fingerprint density at radius 2 is 1.55 bits per heavy atom. The van der Waals surface area contributed by atoms with Crippen molar-refractivity contribution in [3.8, 4) is 5.75 Å². The Morgan fingerprint density at radius 3 is 2.06 bits per heavy atom. The lowest BCUT2D eigenvalue weighted by Gasteiger charge is -2.28. The van der Waals surface area contributed by atoms with E-state index < -0.39 is 30.9 Å². The van der Waals surface area contributed by atoms with E-state index in [1.165, 1.54) is 30.7 Å². The molecule has 1 aliphatic carbocycles. The van der Waals surface area contributed by atoms with Crippen LogP contribution in [0.2, 0.25) is 0 Å². The molecule has 0 saturated heterocycles. The van der Waals surface area contributed by atoms with E-state index in [4.69, 9.17) is 4.74 Å². The summed E-state index contributed by atoms with van der Waals surface area (Å²) in [6.45, 7) is 2.14. The van der Waals surface area contributed by atoms with Gasteiger partial charge in [-0.1, -0.05) is 38.3 Å². The lowest BCUT2D eigenvalue weighted by molar-refractivity contribution is -0.355. The molecule has 1 aromatic rings. The maximum Gasteiger partial charge on any atom is 0.459 e. The third kappa shape index (κ3) is 6.59. The highest BCUT2D eigenvalue weighted by atomic mass is 19.4. The topological polar surface area (TPSA) is 26.3 Å². The predicted molar refractivity (Wildman–Crippen MR) is 101 cm³/mol. The largest absolute Gasteiger partial charge is 0.459 e. The maximum absolute atomic E-state index is 13.4. The van der Waals surface area contributed by atoms with E-state index in [1.807, 2.05) is 0 Å². The van der Waals surface area contributed by atoms with Gasteiger partial charge in [-0.3, -0.25) is 4.79 Å². The Labute approximate surface area is 177 Å². The van der Waals surface area contributed by atoms with Gasteiger partial charge in [-0.15, -0.1) is 0 Å². The second kappa shape index (κ2) is 10.2. The minimum Gasteiger partial charge on any atom is -0.426 e. The number of hydrogen-bond donors (Lipinski definition) is 0. The SMILES string of the molecule is CCCC[C@H]1CC[C@H](C(=O)Oc2ccc(CCC(F)(F)C(F)(F)C(F)(F)F)cc2)CC1. The van der Waals surface area contributed by atoms with Crippen LogP contribution in [-0.2, 0) is 11.2 Å². The van der Waals surface area contributed by atoms with Crippen molar-refractivity contribution in [3.05, 3.63) is 29.8 Å². The Balaban J connectivity index is 1.85. The zero-order chi connectivity index (χ0) is 23.3. The van der Waals surface area contributed by atoms with Crippen LogP contribution in [0.1, 0.15) is 63.9 Å². The highest BCUT2D eigenvalue weighted by Gasteiger charge is 2.72. The Kier molecular flexibility index (Phi) is 8.39. The van der Waals surface area contributed by atoms with E-state index in [1.54, 1.807) is 0 Å². The minimum absolute atomic E-state index is 0.133. The zero-order valence-electron chi connectivity index (χ0n) is 17.3. The number of ether oxygens (including phenoxy) is 1. The highest BCUT2D eigenvalue weighted by molar-refractivity contribution is 5.75. The summed E-state index contributed by atoms with van der Waals surface area (Å²) in [5.74, 6) is -11.1. The number of halogens is 7. The maximum atomic E-state index is 13.4. The van der Waals surface area contributed by atoms with Crippen LogP contribution in [0.15, 0.2) is 24.3 Å². The van der Waals surface area contributed by atoms with Gasteiger partial charge in [-0.25, -0.2) is 0 Å². The van der Waals surface area contributed by atoms with Crippen molar-refractivity contribution in [1.29, 1.82) is 0 Å². The van der Waals surface area contributed by atoms with Crippen molar-refractivity contribution in [3.63, 3.8) is 0 Å². The predicted octanol–water partition coefficient (Wildman–Crippen LogP) is 7.35. The number of esters is 1. The third-order valence-corrected chi connectivity index (χ3v) is 5.83. The van der Waals surface area contributed by atoms with Crippen molar-refractivity contribution >= 4 is 5.97 Å². The summed E-state index contributed by atoms with van der Waals surface area (Å²) >= 11 is 0. The molecular weight excluding hydrogens is 429 g/mol. The fourth-order valence-corrected chi connectivity index (χ4v) is 3.77. The van der Waals surface area contributed by atoms with Gasteiger partial charge in [0, 0.05) is 6.42 Å². The average Bonchev–Trinajstić information content (AvgIpc) is 2.71. The first-order chi connectivity index (χ1) is 14.4. The van der Waals surface area contributed by atoms with Gasteiger partial charge < -0.3 is 4.74 Å². The molecule has 0 atom stereocenters. The van der Waals surface area contributed by atoms with Crippen LogP contribution < -0.4 is 4.74 Å². The second-order valence-electron chi connectivity index (χ2n) is 8.20. The van der Waals surface area contributed by atoms with Gasteiger partial charge in [0.15, 0.2) is 0 Å². The van der Waals surface area contributed by atoms with Crippen LogP contribution in [0.3, 0.4) is 0 Å². The van der Waals surface area contributed by atoms with Crippen LogP contribution in [0, 0.1) is 11.8 Å². The quantitative estimate of drug-likeness (QED) is 0.221. The molecule has 176 valence electrons. The lowest BCUT2D eigenvalue weighted by atomic mass is 9.80. The summed E-state index contributed by atoms with van der Waals surface area (Å²) in [6.07, 6.45) is -1.79. The molecule has 2 rings (SSSR count). The van der Waals surface area contributed by atoms with Gasteiger partial charge in [-0.05, 0) is 55.7 Å². The van der Waals surface area contributed by atoms with Crippen molar-refractivity contribution in [2.75, 3.05) is 0 Å². The second-order valence-corrected chi connectivity index (χ2v) is 8.20. The summed E-state index contributed by atoms with van der Waals surface area (Å²) in [6, 6.07) is 5.18. The summed E-state index contributed by atoms with van der Waals surface area (Å²) in [5.41, 5.74) is 0.133. The summed E-state index contributed by atoms with van der Waals surface area (Å²) < 4.78 is 94.5. The first-order valence-corrected chi connectivity index (χ1v) is 10.5. The van der Waals surface area contributed by atoms with Gasteiger partial charge in [-0.2, -0.15) is 30.7 Å². The van der Waals surface area contributed by atoms with Gasteiger partial charge in [0.1, 0.15) is 5.75 Å². The Morgan fingerprint density at radius 1 is 0.968 bits per heavy atom. The van der Waals surface area contributed by atoms with Crippen LogP contribution in [-0.4, -0.2) is 24.0 Å². The van der Waals surface area contributed by atoms with Crippen LogP contribution in [0.4, 0.5) is 30.7 Å². The molecule has 0 bridgehead atoms. The van der Waals surface area contributed by atoms with E-state index in [0.717, 1.165) is 38.5 Å². The number of aryl methyl sites for hydroxylation is 1. The fraction of sp³-hybridized carbons (Fsp3) is 0.682. The molecule has 1 aromatic carbocycles. The summed E-state index contributed by atoms with van der Waals surface area (Å²) in [5, 5.41) is 0. The van der Waals surface area contributed by atoms with E-state index in [0.29, 0.717) is 5.92 Å². The van der Waals surface area contributed by atoms with Crippen LogP contribution in [0.25, 0.3) is 0 Å². The average molecular weight is 456 g/mol. The third-order valence-electron chi connectivity index (χ3n) is 5.83. The first kappa shape index (κ1) is 25.5. The van der Waals surface area contributed by atoms with E-state index >= 15 is 0 Å². The van der Waals surface area contributed by atoms with Gasteiger partial charge in [0.25, 0.3) is 0 Å². The molecule has 1 saturated carbocycles. The van der Waals surface area contributed by atoms with Crippen LogP contribution >= 0.6 is 0 Å². The van der Waals surface area contributed by atoms with Crippen molar-refractivity contribution in [2.24, 2.45) is 11.8 Å². The molecule has 0 amide bonds.